The minimum atomic E-state index is -0.190. The van der Waals surface area contributed by atoms with Crippen LogP contribution in [0.1, 0.15) is 12.0 Å². The van der Waals surface area contributed by atoms with Crippen LogP contribution in [-0.2, 0) is 4.79 Å². The number of carbonyl (C=O) groups is 1. The fraction of sp³-hybridized carbons (Fsp3) is 0.312. The molecule has 0 spiro atoms. The van der Waals surface area contributed by atoms with E-state index in [1.54, 1.807) is 31.4 Å². The number of amides is 1. The lowest BCUT2D eigenvalue weighted by Crippen LogP contribution is -2.31. The van der Waals surface area contributed by atoms with Crippen molar-refractivity contribution < 1.29 is 14.6 Å². The summed E-state index contributed by atoms with van der Waals surface area (Å²) in [4.78, 5) is 11.9. The number of aliphatic hydroxyl groups is 1. The van der Waals surface area contributed by atoms with Crippen LogP contribution in [0.4, 0.5) is 0 Å². The summed E-state index contributed by atoms with van der Waals surface area (Å²) in [7, 11) is 1.57. The Balaban J connectivity index is 1.96. The van der Waals surface area contributed by atoms with Crippen LogP contribution in [0.15, 0.2) is 36.4 Å². The molecule has 1 aromatic carbocycles. The van der Waals surface area contributed by atoms with Gasteiger partial charge in [0, 0.05) is 35.2 Å². The van der Waals surface area contributed by atoms with Gasteiger partial charge in [0.1, 0.15) is 5.75 Å². The molecule has 1 aliphatic carbocycles. The van der Waals surface area contributed by atoms with Crippen molar-refractivity contribution in [1.29, 1.82) is 0 Å². The van der Waals surface area contributed by atoms with Gasteiger partial charge in [-0.2, -0.15) is 0 Å². The number of benzene rings is 1. The van der Waals surface area contributed by atoms with E-state index in [1.807, 2.05) is 12.2 Å². The minimum absolute atomic E-state index is 0.0273. The van der Waals surface area contributed by atoms with Crippen LogP contribution in [-0.4, -0.2) is 30.8 Å². The van der Waals surface area contributed by atoms with Crippen molar-refractivity contribution in [2.45, 2.75) is 12.5 Å². The number of halogens is 1. The second kappa shape index (κ2) is 7.29. The predicted molar refractivity (Wildman–Crippen MR) is 83.3 cm³/mol. The molecule has 0 radical (unpaired) electrons. The van der Waals surface area contributed by atoms with E-state index in [-0.39, 0.29) is 24.5 Å². The summed E-state index contributed by atoms with van der Waals surface area (Å²) in [5.74, 6) is 0.599. The van der Waals surface area contributed by atoms with Crippen LogP contribution in [0.2, 0.25) is 5.02 Å². The third-order valence-electron chi connectivity index (χ3n) is 3.34. The van der Waals surface area contributed by atoms with Crippen LogP contribution in [0.25, 0.3) is 6.08 Å². The van der Waals surface area contributed by atoms with Crippen LogP contribution >= 0.6 is 11.6 Å². The highest BCUT2D eigenvalue weighted by Gasteiger charge is 2.18. The molecule has 0 bridgehead atoms. The van der Waals surface area contributed by atoms with Gasteiger partial charge in [0.15, 0.2) is 0 Å². The number of nitrogens with one attached hydrogen (secondary N) is 1. The van der Waals surface area contributed by atoms with Crippen molar-refractivity contribution in [3.8, 4) is 5.75 Å². The topological polar surface area (TPSA) is 58.6 Å². The van der Waals surface area contributed by atoms with Crippen molar-refractivity contribution in [1.82, 2.24) is 5.32 Å². The molecule has 0 fully saturated rings. The lowest BCUT2D eigenvalue weighted by Gasteiger charge is -2.11. The zero-order chi connectivity index (χ0) is 15.2. The molecule has 0 heterocycles. The van der Waals surface area contributed by atoms with E-state index in [4.69, 9.17) is 21.4 Å². The van der Waals surface area contributed by atoms with Gasteiger partial charge in [-0.1, -0.05) is 23.8 Å². The molecule has 0 saturated carbocycles. The number of aliphatic hydroxyl groups excluding tert-OH is 1. The maximum atomic E-state index is 11.9. The molecule has 1 amide bonds. The molecule has 0 unspecified atom stereocenters. The first-order valence-corrected chi connectivity index (χ1v) is 7.11. The maximum absolute atomic E-state index is 11.9. The summed E-state index contributed by atoms with van der Waals surface area (Å²) in [6, 6.07) is 5.20. The number of rotatable bonds is 5. The van der Waals surface area contributed by atoms with Gasteiger partial charge in [-0.15, -0.1) is 0 Å². The summed E-state index contributed by atoms with van der Waals surface area (Å²) < 4.78 is 5.21. The van der Waals surface area contributed by atoms with Gasteiger partial charge in [-0.05, 0) is 30.7 Å². The van der Waals surface area contributed by atoms with Gasteiger partial charge in [-0.3, -0.25) is 4.79 Å². The highest BCUT2D eigenvalue weighted by Crippen LogP contribution is 2.23. The Morgan fingerprint density at radius 1 is 1.52 bits per heavy atom. The number of methoxy groups -OCH3 is 1. The SMILES string of the molecule is COc1ccc(Cl)cc1/C=C/C(=O)N[C@@H]1C=C[C@H](CO)C1. The summed E-state index contributed by atoms with van der Waals surface area (Å²) >= 11 is 5.94. The molecule has 1 aliphatic rings. The van der Waals surface area contributed by atoms with E-state index in [9.17, 15) is 4.79 Å². The van der Waals surface area contributed by atoms with Gasteiger partial charge in [-0.25, -0.2) is 0 Å². The fourth-order valence-corrected chi connectivity index (χ4v) is 2.43. The Hall–Kier alpha value is -1.78. The van der Waals surface area contributed by atoms with Crippen LogP contribution in [0, 0.1) is 5.92 Å². The molecule has 2 atom stereocenters. The van der Waals surface area contributed by atoms with Gasteiger partial charge in [0.25, 0.3) is 0 Å². The quantitative estimate of drug-likeness (QED) is 0.649. The summed E-state index contributed by atoms with van der Waals surface area (Å²) in [5, 5.41) is 12.5. The molecule has 2 N–H and O–H groups in total. The molecule has 2 rings (SSSR count). The predicted octanol–water partition coefficient (Wildman–Crippen LogP) is 2.42. The molecular weight excluding hydrogens is 290 g/mol. The second-order valence-electron chi connectivity index (χ2n) is 4.90. The first kappa shape index (κ1) is 15.6. The average molecular weight is 308 g/mol. The van der Waals surface area contributed by atoms with Crippen LogP contribution in [0.5, 0.6) is 5.75 Å². The monoisotopic (exact) mass is 307 g/mol. The summed E-state index contributed by atoms with van der Waals surface area (Å²) in [5.41, 5.74) is 0.746. The Bertz CT molecular complexity index is 569. The summed E-state index contributed by atoms with van der Waals surface area (Å²) in [6.07, 6.45) is 7.69. The molecule has 1 aromatic rings. The van der Waals surface area contributed by atoms with Crippen molar-refractivity contribution in [3.05, 3.63) is 47.0 Å². The third kappa shape index (κ3) is 4.34. The van der Waals surface area contributed by atoms with Crippen molar-refractivity contribution >= 4 is 23.6 Å². The van der Waals surface area contributed by atoms with Gasteiger partial charge >= 0.3 is 0 Å². The van der Waals surface area contributed by atoms with Crippen LogP contribution in [0.3, 0.4) is 0 Å². The zero-order valence-corrected chi connectivity index (χ0v) is 12.5. The number of carbonyl (C=O) groups excluding carboxylic acids is 1. The standard InChI is InChI=1S/C16H18ClNO3/c1-21-15-6-4-13(17)9-12(15)3-7-16(20)18-14-5-2-11(8-14)10-19/h2-7,9,11,14,19H,8,10H2,1H3,(H,18,20)/b7-3+/t11-,14+/m0/s1. The highest BCUT2D eigenvalue weighted by molar-refractivity contribution is 6.30. The smallest absolute Gasteiger partial charge is 0.244 e. The van der Waals surface area contributed by atoms with Crippen LogP contribution < -0.4 is 10.1 Å². The van der Waals surface area contributed by atoms with Gasteiger partial charge < -0.3 is 15.2 Å². The third-order valence-corrected chi connectivity index (χ3v) is 3.58. The number of ether oxygens (including phenoxy) is 1. The molecule has 4 nitrogen and oxygen atoms in total. The lowest BCUT2D eigenvalue weighted by molar-refractivity contribution is -0.116. The molecule has 0 aliphatic heterocycles. The fourth-order valence-electron chi connectivity index (χ4n) is 2.25. The zero-order valence-electron chi connectivity index (χ0n) is 11.8. The van der Waals surface area contributed by atoms with Crippen molar-refractivity contribution in [2.24, 2.45) is 5.92 Å². The average Bonchev–Trinajstić information content (AvgIpc) is 2.93. The van der Waals surface area contributed by atoms with E-state index in [0.29, 0.717) is 10.8 Å². The first-order valence-electron chi connectivity index (χ1n) is 6.73. The van der Waals surface area contributed by atoms with E-state index in [1.165, 1.54) is 6.08 Å². The van der Waals surface area contributed by atoms with E-state index < -0.39 is 0 Å². The molecule has 0 saturated heterocycles. The Kier molecular flexibility index (Phi) is 5.42. The van der Waals surface area contributed by atoms with Gasteiger partial charge in [0.2, 0.25) is 5.91 Å². The van der Waals surface area contributed by atoms with Crippen molar-refractivity contribution in [3.63, 3.8) is 0 Å². The summed E-state index contributed by atoms with van der Waals surface area (Å²) in [6.45, 7) is 0.110. The number of hydrogen-bond donors (Lipinski definition) is 2. The maximum Gasteiger partial charge on any atom is 0.244 e. The molecule has 112 valence electrons. The first-order chi connectivity index (χ1) is 10.1. The second-order valence-corrected chi connectivity index (χ2v) is 5.33. The lowest BCUT2D eigenvalue weighted by atomic mass is 10.1. The Morgan fingerprint density at radius 2 is 2.33 bits per heavy atom. The normalized spacial score (nSPS) is 20.9. The van der Waals surface area contributed by atoms with E-state index >= 15 is 0 Å². The minimum Gasteiger partial charge on any atom is -0.496 e. The van der Waals surface area contributed by atoms with Crippen molar-refractivity contribution in [2.75, 3.05) is 13.7 Å². The molecule has 5 heteroatoms. The Morgan fingerprint density at radius 3 is 3.00 bits per heavy atom. The van der Waals surface area contributed by atoms with E-state index in [0.717, 1.165) is 12.0 Å². The largest absolute Gasteiger partial charge is 0.496 e. The molecule has 0 aromatic heterocycles. The van der Waals surface area contributed by atoms with E-state index in [2.05, 4.69) is 5.32 Å². The molecule has 21 heavy (non-hydrogen) atoms. The Labute approximate surface area is 129 Å². The number of hydrogen-bond acceptors (Lipinski definition) is 3. The molecular formula is C16H18ClNO3. The highest BCUT2D eigenvalue weighted by atomic mass is 35.5. The van der Waals surface area contributed by atoms with Gasteiger partial charge in [0.05, 0.1) is 7.11 Å².